The molecule has 3 rings (SSSR count). The summed E-state index contributed by atoms with van der Waals surface area (Å²) in [6.07, 6.45) is 9.10. The van der Waals surface area contributed by atoms with Crippen molar-refractivity contribution in [3.05, 3.63) is 35.4 Å². The van der Waals surface area contributed by atoms with Crippen LogP contribution in [0.3, 0.4) is 0 Å². The molecule has 1 fully saturated rings. The van der Waals surface area contributed by atoms with Gasteiger partial charge in [0.25, 0.3) is 0 Å². The van der Waals surface area contributed by atoms with Gasteiger partial charge in [0.15, 0.2) is 0 Å². The van der Waals surface area contributed by atoms with Crippen molar-refractivity contribution in [1.29, 1.82) is 0 Å². The second-order valence-corrected chi connectivity index (χ2v) is 6.51. The first-order valence-electron chi connectivity index (χ1n) is 8.40. The van der Waals surface area contributed by atoms with Crippen LogP contribution in [-0.4, -0.2) is 23.5 Å². The molecule has 2 N–H and O–H groups in total. The lowest BCUT2D eigenvalue weighted by Crippen LogP contribution is -2.44. The average Bonchev–Trinajstić information content (AvgIpc) is 3.30. The largest absolute Gasteiger partial charge is 0.323 e. The van der Waals surface area contributed by atoms with Crippen LogP contribution in [0.4, 0.5) is 0 Å². The van der Waals surface area contributed by atoms with Crippen molar-refractivity contribution in [1.82, 2.24) is 4.90 Å². The lowest BCUT2D eigenvalue weighted by atomic mass is 9.95. The van der Waals surface area contributed by atoms with Crippen LogP contribution in [0.15, 0.2) is 24.3 Å². The molecule has 2 aliphatic rings. The normalized spacial score (nSPS) is 26.4. The monoisotopic (exact) mass is 272 g/mol. The number of fused-ring (bicyclic) bond motifs is 1. The van der Waals surface area contributed by atoms with Gasteiger partial charge < -0.3 is 5.73 Å². The van der Waals surface area contributed by atoms with Crippen molar-refractivity contribution in [3.63, 3.8) is 0 Å². The summed E-state index contributed by atoms with van der Waals surface area (Å²) in [6.45, 7) is 3.52. The van der Waals surface area contributed by atoms with Gasteiger partial charge in [-0.1, -0.05) is 37.6 Å². The number of unbranched alkanes of at least 4 members (excludes halogenated alkanes) is 1. The van der Waals surface area contributed by atoms with E-state index in [0.717, 1.165) is 6.04 Å². The molecule has 0 heterocycles. The Balaban J connectivity index is 1.81. The first kappa shape index (κ1) is 14.1. The smallest absolute Gasteiger partial charge is 0.0455 e. The van der Waals surface area contributed by atoms with E-state index < -0.39 is 0 Å². The molecule has 110 valence electrons. The standard InChI is InChI=1S/C18H28N2/c1-2-3-13-20(15-11-12-15)17-10-6-8-14-7-4-5-9-16(14)18(17)19/h4-5,7,9,15,17-18H,2-3,6,8,10-13,19H2,1H3. The Hall–Kier alpha value is -0.860. The summed E-state index contributed by atoms with van der Waals surface area (Å²) in [6, 6.07) is 10.4. The summed E-state index contributed by atoms with van der Waals surface area (Å²) >= 11 is 0. The Morgan fingerprint density at radius 2 is 2.00 bits per heavy atom. The van der Waals surface area contributed by atoms with Gasteiger partial charge in [-0.3, -0.25) is 4.90 Å². The predicted molar refractivity (Wildman–Crippen MR) is 84.7 cm³/mol. The molecule has 0 amide bonds. The maximum Gasteiger partial charge on any atom is 0.0455 e. The summed E-state index contributed by atoms with van der Waals surface area (Å²) < 4.78 is 0. The highest BCUT2D eigenvalue weighted by molar-refractivity contribution is 5.32. The minimum atomic E-state index is 0.200. The predicted octanol–water partition coefficient (Wildman–Crippen LogP) is 3.66. The fourth-order valence-corrected chi connectivity index (χ4v) is 3.71. The zero-order valence-electron chi connectivity index (χ0n) is 12.7. The van der Waals surface area contributed by atoms with Crippen LogP contribution >= 0.6 is 0 Å². The van der Waals surface area contributed by atoms with E-state index in [0.29, 0.717) is 6.04 Å². The van der Waals surface area contributed by atoms with Gasteiger partial charge in [-0.2, -0.15) is 0 Å². The molecular formula is C18H28N2. The SMILES string of the molecule is CCCCN(C1CC1)C1CCCc2ccccc2C1N. The van der Waals surface area contributed by atoms with Gasteiger partial charge in [0.1, 0.15) is 0 Å². The quantitative estimate of drug-likeness (QED) is 0.829. The molecule has 1 saturated carbocycles. The summed E-state index contributed by atoms with van der Waals surface area (Å²) in [4.78, 5) is 2.75. The molecule has 20 heavy (non-hydrogen) atoms. The number of nitrogens with zero attached hydrogens (tertiary/aromatic N) is 1. The Kier molecular flexibility index (Phi) is 4.42. The third-order valence-electron chi connectivity index (χ3n) is 4.99. The first-order valence-corrected chi connectivity index (χ1v) is 8.40. The molecule has 0 saturated heterocycles. The van der Waals surface area contributed by atoms with E-state index in [9.17, 15) is 0 Å². The van der Waals surface area contributed by atoms with Gasteiger partial charge in [0, 0.05) is 18.1 Å². The Morgan fingerprint density at radius 1 is 1.20 bits per heavy atom. The summed E-state index contributed by atoms with van der Waals surface area (Å²) in [5.41, 5.74) is 9.57. The fourth-order valence-electron chi connectivity index (χ4n) is 3.71. The highest BCUT2D eigenvalue weighted by atomic mass is 15.2. The van der Waals surface area contributed by atoms with E-state index in [4.69, 9.17) is 5.73 Å². The highest BCUT2D eigenvalue weighted by Gasteiger charge is 2.37. The van der Waals surface area contributed by atoms with E-state index in [2.05, 4.69) is 36.1 Å². The Morgan fingerprint density at radius 3 is 2.75 bits per heavy atom. The van der Waals surface area contributed by atoms with Crippen molar-refractivity contribution in [2.45, 2.75) is 70.0 Å². The maximum atomic E-state index is 6.69. The molecule has 0 bridgehead atoms. The van der Waals surface area contributed by atoms with Crippen LogP contribution in [0.2, 0.25) is 0 Å². The van der Waals surface area contributed by atoms with Gasteiger partial charge in [-0.05, 0) is 56.2 Å². The lowest BCUT2D eigenvalue weighted by molar-refractivity contribution is 0.150. The van der Waals surface area contributed by atoms with Crippen molar-refractivity contribution in [2.75, 3.05) is 6.54 Å². The van der Waals surface area contributed by atoms with Crippen molar-refractivity contribution < 1.29 is 0 Å². The summed E-state index contributed by atoms with van der Waals surface area (Å²) in [5, 5.41) is 0. The highest BCUT2D eigenvalue weighted by Crippen LogP contribution is 2.36. The molecular weight excluding hydrogens is 244 g/mol. The van der Waals surface area contributed by atoms with E-state index >= 15 is 0 Å². The number of aryl methyl sites for hydroxylation is 1. The molecule has 2 nitrogen and oxygen atoms in total. The van der Waals surface area contributed by atoms with Gasteiger partial charge >= 0.3 is 0 Å². The molecule has 2 aliphatic carbocycles. The molecule has 2 unspecified atom stereocenters. The topological polar surface area (TPSA) is 29.3 Å². The van der Waals surface area contributed by atoms with Crippen LogP contribution < -0.4 is 5.73 Å². The summed E-state index contributed by atoms with van der Waals surface area (Å²) in [5.74, 6) is 0. The zero-order chi connectivity index (χ0) is 13.9. The van der Waals surface area contributed by atoms with Crippen LogP contribution in [-0.2, 0) is 6.42 Å². The third kappa shape index (κ3) is 2.91. The minimum Gasteiger partial charge on any atom is -0.323 e. The molecule has 0 aliphatic heterocycles. The second kappa shape index (κ2) is 6.28. The zero-order valence-corrected chi connectivity index (χ0v) is 12.7. The van der Waals surface area contributed by atoms with E-state index in [1.165, 1.54) is 62.6 Å². The van der Waals surface area contributed by atoms with Crippen molar-refractivity contribution in [3.8, 4) is 0 Å². The van der Waals surface area contributed by atoms with Crippen LogP contribution in [0, 0.1) is 0 Å². The van der Waals surface area contributed by atoms with E-state index in [1.807, 2.05) is 0 Å². The third-order valence-corrected chi connectivity index (χ3v) is 4.99. The number of rotatable bonds is 5. The second-order valence-electron chi connectivity index (χ2n) is 6.51. The Bertz CT molecular complexity index is 439. The molecule has 1 aromatic rings. The number of benzene rings is 1. The maximum absolute atomic E-state index is 6.69. The molecule has 0 aromatic heterocycles. The molecule has 0 spiro atoms. The van der Waals surface area contributed by atoms with Gasteiger partial charge in [0.05, 0.1) is 0 Å². The van der Waals surface area contributed by atoms with Crippen molar-refractivity contribution in [2.24, 2.45) is 5.73 Å². The van der Waals surface area contributed by atoms with Crippen LogP contribution in [0.5, 0.6) is 0 Å². The molecule has 0 radical (unpaired) electrons. The molecule has 2 atom stereocenters. The number of nitrogens with two attached hydrogens (primary N) is 1. The number of hydrogen-bond acceptors (Lipinski definition) is 2. The van der Waals surface area contributed by atoms with Gasteiger partial charge in [-0.15, -0.1) is 0 Å². The van der Waals surface area contributed by atoms with E-state index in [1.54, 1.807) is 0 Å². The Labute approximate surface area is 123 Å². The first-order chi connectivity index (χ1) is 9.81. The van der Waals surface area contributed by atoms with Gasteiger partial charge in [-0.25, -0.2) is 0 Å². The molecule has 2 heteroatoms. The average molecular weight is 272 g/mol. The fraction of sp³-hybridized carbons (Fsp3) is 0.667. The van der Waals surface area contributed by atoms with Crippen LogP contribution in [0.1, 0.15) is 62.6 Å². The molecule has 1 aromatic carbocycles. The minimum absolute atomic E-state index is 0.200. The summed E-state index contributed by atoms with van der Waals surface area (Å²) in [7, 11) is 0. The lowest BCUT2D eigenvalue weighted by Gasteiger charge is -2.35. The van der Waals surface area contributed by atoms with Crippen molar-refractivity contribution >= 4 is 0 Å². The van der Waals surface area contributed by atoms with Crippen LogP contribution in [0.25, 0.3) is 0 Å². The van der Waals surface area contributed by atoms with E-state index in [-0.39, 0.29) is 6.04 Å². The van der Waals surface area contributed by atoms with Gasteiger partial charge in [0.2, 0.25) is 0 Å². The number of hydrogen-bond donors (Lipinski definition) is 1.